The molecule has 4 heteroatoms. The van der Waals surface area contributed by atoms with Gasteiger partial charge >= 0.3 is 0 Å². The standard InChI is InChI=1S/C16H19NO3/c1-2-14-8-9-15(20-14)16(19)17-13-7-3-5-12(11-13)6-4-10-18/h3,5,7-9,11,18H,2,4,6,10H2,1H3,(H,17,19). The summed E-state index contributed by atoms with van der Waals surface area (Å²) in [5.41, 5.74) is 1.82. The molecule has 0 radical (unpaired) electrons. The molecule has 0 fully saturated rings. The quantitative estimate of drug-likeness (QED) is 0.850. The van der Waals surface area contributed by atoms with E-state index in [1.165, 1.54) is 0 Å². The summed E-state index contributed by atoms with van der Waals surface area (Å²) in [5.74, 6) is 0.874. The van der Waals surface area contributed by atoms with Crippen LogP contribution in [0.3, 0.4) is 0 Å². The molecule has 0 saturated heterocycles. The van der Waals surface area contributed by atoms with Gasteiger partial charge in [0.15, 0.2) is 5.76 Å². The molecule has 0 unspecified atom stereocenters. The first-order valence-corrected chi connectivity index (χ1v) is 6.82. The van der Waals surface area contributed by atoms with Crippen LogP contribution in [0.15, 0.2) is 40.8 Å². The minimum Gasteiger partial charge on any atom is -0.456 e. The topological polar surface area (TPSA) is 62.5 Å². The number of rotatable bonds is 6. The Morgan fingerprint density at radius 1 is 1.30 bits per heavy atom. The zero-order chi connectivity index (χ0) is 14.4. The molecular weight excluding hydrogens is 254 g/mol. The van der Waals surface area contributed by atoms with E-state index in [2.05, 4.69) is 5.32 Å². The number of carbonyl (C=O) groups excluding carboxylic acids is 1. The summed E-state index contributed by atoms with van der Waals surface area (Å²) in [6.45, 7) is 2.15. The number of amides is 1. The molecule has 1 aromatic heterocycles. The number of nitrogens with one attached hydrogen (secondary N) is 1. The highest BCUT2D eigenvalue weighted by molar-refractivity contribution is 6.02. The zero-order valence-electron chi connectivity index (χ0n) is 11.6. The van der Waals surface area contributed by atoms with E-state index in [1.807, 2.05) is 37.3 Å². The first kappa shape index (κ1) is 14.3. The maximum absolute atomic E-state index is 12.0. The van der Waals surface area contributed by atoms with Gasteiger partial charge in [-0.05, 0) is 42.7 Å². The number of aliphatic hydroxyl groups is 1. The third-order valence-electron chi connectivity index (χ3n) is 3.04. The summed E-state index contributed by atoms with van der Waals surface area (Å²) < 4.78 is 5.42. The van der Waals surface area contributed by atoms with Crippen LogP contribution in [0, 0.1) is 0 Å². The van der Waals surface area contributed by atoms with Crippen LogP contribution in [0.25, 0.3) is 0 Å². The van der Waals surface area contributed by atoms with Crippen molar-refractivity contribution in [3.8, 4) is 0 Å². The Hall–Kier alpha value is -2.07. The van der Waals surface area contributed by atoms with Crippen LogP contribution in [0.5, 0.6) is 0 Å². The van der Waals surface area contributed by atoms with Crippen molar-refractivity contribution < 1.29 is 14.3 Å². The van der Waals surface area contributed by atoms with E-state index in [-0.39, 0.29) is 12.5 Å². The lowest BCUT2D eigenvalue weighted by Gasteiger charge is -2.06. The molecule has 0 aliphatic carbocycles. The van der Waals surface area contributed by atoms with Gasteiger partial charge < -0.3 is 14.8 Å². The van der Waals surface area contributed by atoms with Crippen molar-refractivity contribution >= 4 is 11.6 Å². The van der Waals surface area contributed by atoms with Crippen LogP contribution in [-0.4, -0.2) is 17.6 Å². The van der Waals surface area contributed by atoms with Crippen molar-refractivity contribution in [2.45, 2.75) is 26.2 Å². The molecule has 1 amide bonds. The molecule has 0 aliphatic heterocycles. The lowest BCUT2D eigenvalue weighted by Crippen LogP contribution is -2.11. The van der Waals surface area contributed by atoms with Crippen molar-refractivity contribution in [3.63, 3.8) is 0 Å². The maximum Gasteiger partial charge on any atom is 0.291 e. The molecule has 20 heavy (non-hydrogen) atoms. The molecule has 2 N–H and O–H groups in total. The predicted molar refractivity (Wildman–Crippen MR) is 77.9 cm³/mol. The second-order valence-electron chi connectivity index (χ2n) is 4.60. The van der Waals surface area contributed by atoms with Crippen molar-refractivity contribution in [1.29, 1.82) is 0 Å². The Kier molecular flexibility index (Phi) is 4.96. The molecule has 0 aliphatic rings. The monoisotopic (exact) mass is 273 g/mol. The van der Waals surface area contributed by atoms with Gasteiger partial charge in [0.05, 0.1) is 0 Å². The third-order valence-corrected chi connectivity index (χ3v) is 3.04. The number of hydrogen-bond donors (Lipinski definition) is 2. The molecule has 1 heterocycles. The molecule has 0 atom stereocenters. The fourth-order valence-electron chi connectivity index (χ4n) is 1.97. The van der Waals surface area contributed by atoms with Crippen LogP contribution in [-0.2, 0) is 12.8 Å². The summed E-state index contributed by atoms with van der Waals surface area (Å²) in [6.07, 6.45) is 2.28. The van der Waals surface area contributed by atoms with E-state index in [1.54, 1.807) is 6.07 Å². The minimum absolute atomic E-state index is 0.169. The van der Waals surface area contributed by atoms with Crippen LogP contribution in [0.2, 0.25) is 0 Å². The van der Waals surface area contributed by atoms with Crippen molar-refractivity contribution in [3.05, 3.63) is 53.5 Å². The fraction of sp³-hybridized carbons (Fsp3) is 0.312. The molecule has 106 valence electrons. The SMILES string of the molecule is CCc1ccc(C(=O)Nc2cccc(CCCO)c2)o1. The normalized spacial score (nSPS) is 10.5. The highest BCUT2D eigenvalue weighted by Crippen LogP contribution is 2.15. The predicted octanol–water partition coefficient (Wildman–Crippen LogP) is 3.02. The highest BCUT2D eigenvalue weighted by atomic mass is 16.3. The Bertz CT molecular complexity index is 575. The number of aliphatic hydroxyl groups excluding tert-OH is 1. The van der Waals surface area contributed by atoms with Crippen molar-refractivity contribution in [2.24, 2.45) is 0 Å². The Labute approximate surface area is 118 Å². The largest absolute Gasteiger partial charge is 0.456 e. The van der Waals surface area contributed by atoms with Gasteiger partial charge in [-0.1, -0.05) is 19.1 Å². The maximum atomic E-state index is 12.0. The van der Waals surface area contributed by atoms with Gasteiger partial charge in [-0.3, -0.25) is 4.79 Å². The molecule has 2 aromatic rings. The molecule has 0 spiro atoms. The van der Waals surface area contributed by atoms with E-state index in [0.29, 0.717) is 5.76 Å². The minimum atomic E-state index is -0.246. The van der Waals surface area contributed by atoms with E-state index < -0.39 is 0 Å². The average molecular weight is 273 g/mol. The smallest absolute Gasteiger partial charge is 0.291 e. The lowest BCUT2D eigenvalue weighted by molar-refractivity contribution is 0.0995. The Morgan fingerprint density at radius 3 is 2.85 bits per heavy atom. The number of hydrogen-bond acceptors (Lipinski definition) is 3. The van der Waals surface area contributed by atoms with Crippen molar-refractivity contribution in [2.75, 3.05) is 11.9 Å². The molecular formula is C16H19NO3. The van der Waals surface area contributed by atoms with E-state index >= 15 is 0 Å². The summed E-state index contributed by atoms with van der Waals surface area (Å²) >= 11 is 0. The second kappa shape index (κ2) is 6.91. The van der Waals surface area contributed by atoms with Gasteiger partial charge in [0.2, 0.25) is 0 Å². The lowest BCUT2D eigenvalue weighted by atomic mass is 10.1. The Morgan fingerprint density at radius 2 is 2.15 bits per heavy atom. The van der Waals surface area contributed by atoms with Crippen LogP contribution < -0.4 is 5.32 Å². The number of aryl methyl sites for hydroxylation is 2. The summed E-state index contributed by atoms with van der Waals surface area (Å²) in [4.78, 5) is 12.0. The first-order chi connectivity index (χ1) is 9.72. The molecule has 0 saturated carbocycles. The van der Waals surface area contributed by atoms with E-state index in [9.17, 15) is 4.79 Å². The van der Waals surface area contributed by atoms with Gasteiger partial charge in [-0.2, -0.15) is 0 Å². The van der Waals surface area contributed by atoms with Gasteiger partial charge in [0, 0.05) is 18.7 Å². The van der Waals surface area contributed by atoms with Crippen molar-refractivity contribution in [1.82, 2.24) is 0 Å². The van der Waals surface area contributed by atoms with E-state index in [0.717, 1.165) is 36.3 Å². The van der Waals surface area contributed by atoms with E-state index in [4.69, 9.17) is 9.52 Å². The van der Waals surface area contributed by atoms with Gasteiger partial charge in [0.25, 0.3) is 5.91 Å². The molecule has 2 rings (SSSR count). The number of furan rings is 1. The first-order valence-electron chi connectivity index (χ1n) is 6.82. The zero-order valence-corrected chi connectivity index (χ0v) is 11.6. The van der Waals surface area contributed by atoms with Crippen LogP contribution >= 0.6 is 0 Å². The Balaban J connectivity index is 2.03. The third kappa shape index (κ3) is 3.71. The summed E-state index contributed by atoms with van der Waals surface area (Å²) in [6, 6.07) is 11.1. The van der Waals surface area contributed by atoms with Gasteiger partial charge in [-0.15, -0.1) is 0 Å². The van der Waals surface area contributed by atoms with Crippen LogP contribution in [0.1, 0.15) is 35.2 Å². The number of benzene rings is 1. The average Bonchev–Trinajstić information content (AvgIpc) is 2.94. The molecule has 1 aromatic carbocycles. The summed E-state index contributed by atoms with van der Waals surface area (Å²) in [5, 5.41) is 11.7. The van der Waals surface area contributed by atoms with Crippen LogP contribution in [0.4, 0.5) is 5.69 Å². The fourth-order valence-corrected chi connectivity index (χ4v) is 1.97. The summed E-state index contributed by atoms with van der Waals surface area (Å²) in [7, 11) is 0. The number of anilines is 1. The van der Waals surface area contributed by atoms with Gasteiger partial charge in [-0.25, -0.2) is 0 Å². The highest BCUT2D eigenvalue weighted by Gasteiger charge is 2.10. The van der Waals surface area contributed by atoms with Gasteiger partial charge in [0.1, 0.15) is 5.76 Å². The number of carbonyl (C=O) groups is 1. The second-order valence-corrected chi connectivity index (χ2v) is 4.60. The molecule has 4 nitrogen and oxygen atoms in total. The molecule has 0 bridgehead atoms.